The van der Waals surface area contributed by atoms with E-state index in [4.69, 9.17) is 4.74 Å². The molecule has 0 aromatic heterocycles. The van der Waals surface area contributed by atoms with Crippen LogP contribution in [0.25, 0.3) is 6.08 Å². The molecule has 0 unspecified atom stereocenters. The van der Waals surface area contributed by atoms with Crippen molar-refractivity contribution in [3.8, 4) is 5.75 Å². The Hall–Kier alpha value is -1.88. The van der Waals surface area contributed by atoms with E-state index in [0.29, 0.717) is 5.56 Å². The summed E-state index contributed by atoms with van der Waals surface area (Å²) >= 11 is 0. The second-order valence-electron chi connectivity index (χ2n) is 5.23. The topological polar surface area (TPSA) is 49.8 Å². The fourth-order valence-corrected chi connectivity index (χ4v) is 1.74. The smallest absolute Gasteiger partial charge is 0.246 e. The van der Waals surface area contributed by atoms with Gasteiger partial charge in [-0.05, 0) is 37.6 Å². The van der Waals surface area contributed by atoms with Gasteiger partial charge < -0.3 is 14.7 Å². The molecule has 0 saturated carbocycles. The number of likely N-dealkylation sites (N-methyl/N-ethyl adjacent to an activating group) is 1. The minimum Gasteiger partial charge on any atom is -0.494 e. The third-order valence-electron chi connectivity index (χ3n) is 2.59. The average Bonchev–Trinajstić information content (AvgIpc) is 2.34. The van der Waals surface area contributed by atoms with E-state index >= 15 is 0 Å². The number of carbonyl (C=O) groups is 1. The van der Waals surface area contributed by atoms with E-state index in [9.17, 15) is 14.3 Å². The number of aliphatic hydroxyl groups is 1. The highest BCUT2D eigenvalue weighted by Gasteiger charge is 2.17. The number of rotatable bonds is 5. The van der Waals surface area contributed by atoms with Crippen LogP contribution in [0, 0.1) is 5.82 Å². The van der Waals surface area contributed by atoms with Gasteiger partial charge in [-0.1, -0.05) is 6.07 Å². The summed E-state index contributed by atoms with van der Waals surface area (Å²) in [6, 6.07) is 4.44. The first-order chi connectivity index (χ1) is 9.23. The summed E-state index contributed by atoms with van der Waals surface area (Å²) in [7, 11) is 2.99. The molecule has 0 aliphatic carbocycles. The second-order valence-corrected chi connectivity index (χ2v) is 5.23. The summed E-state index contributed by atoms with van der Waals surface area (Å²) in [5, 5.41) is 9.63. The largest absolute Gasteiger partial charge is 0.494 e. The Morgan fingerprint density at radius 3 is 2.65 bits per heavy atom. The molecule has 0 heterocycles. The van der Waals surface area contributed by atoms with E-state index in [-0.39, 0.29) is 18.2 Å². The molecule has 0 aliphatic heterocycles. The van der Waals surface area contributed by atoms with Crippen LogP contribution in [0.15, 0.2) is 24.3 Å². The van der Waals surface area contributed by atoms with E-state index in [1.54, 1.807) is 27.0 Å². The van der Waals surface area contributed by atoms with Crippen LogP contribution in [-0.2, 0) is 4.79 Å². The predicted molar refractivity (Wildman–Crippen MR) is 75.9 cm³/mol. The van der Waals surface area contributed by atoms with Crippen LogP contribution in [0.4, 0.5) is 4.39 Å². The molecule has 0 spiro atoms. The van der Waals surface area contributed by atoms with Gasteiger partial charge in [-0.2, -0.15) is 0 Å². The van der Waals surface area contributed by atoms with Crippen LogP contribution in [0.3, 0.4) is 0 Å². The van der Waals surface area contributed by atoms with Gasteiger partial charge in [0.15, 0.2) is 11.6 Å². The van der Waals surface area contributed by atoms with Crippen molar-refractivity contribution in [2.24, 2.45) is 0 Å². The summed E-state index contributed by atoms with van der Waals surface area (Å²) < 4.78 is 18.3. The molecule has 1 aromatic rings. The summed E-state index contributed by atoms with van der Waals surface area (Å²) in [6.45, 7) is 3.46. The zero-order chi connectivity index (χ0) is 15.3. The Morgan fingerprint density at radius 2 is 2.15 bits per heavy atom. The molecular weight excluding hydrogens is 261 g/mol. The lowest BCUT2D eigenvalue weighted by atomic mass is 10.1. The van der Waals surface area contributed by atoms with E-state index < -0.39 is 11.4 Å². The average molecular weight is 281 g/mol. The fourth-order valence-electron chi connectivity index (χ4n) is 1.74. The van der Waals surface area contributed by atoms with Crippen molar-refractivity contribution in [1.82, 2.24) is 4.90 Å². The standard InChI is InChI=1S/C15H20FNO3/c1-15(2,19)10-17(3)14(18)8-6-11-5-7-13(20-4)12(16)9-11/h5-9,19H,10H2,1-4H3/b8-6+. The van der Waals surface area contributed by atoms with Crippen LogP contribution in [0.1, 0.15) is 19.4 Å². The van der Waals surface area contributed by atoms with E-state index in [1.165, 1.54) is 36.3 Å². The van der Waals surface area contributed by atoms with Gasteiger partial charge in [0, 0.05) is 19.7 Å². The molecule has 0 atom stereocenters. The summed E-state index contributed by atoms with van der Waals surface area (Å²) in [6.07, 6.45) is 2.86. The van der Waals surface area contributed by atoms with Gasteiger partial charge >= 0.3 is 0 Å². The highest BCUT2D eigenvalue weighted by Crippen LogP contribution is 2.18. The number of halogens is 1. The number of hydrogen-bond donors (Lipinski definition) is 1. The predicted octanol–water partition coefficient (Wildman–Crippen LogP) is 2.08. The summed E-state index contributed by atoms with van der Waals surface area (Å²) in [5.74, 6) is -0.581. The van der Waals surface area contributed by atoms with Crippen LogP contribution in [0.5, 0.6) is 5.75 Å². The highest BCUT2D eigenvalue weighted by molar-refractivity contribution is 5.91. The van der Waals surface area contributed by atoms with E-state index in [0.717, 1.165) is 0 Å². The van der Waals surface area contributed by atoms with Gasteiger partial charge in [-0.3, -0.25) is 4.79 Å². The van der Waals surface area contributed by atoms with Crippen molar-refractivity contribution in [3.63, 3.8) is 0 Å². The number of benzene rings is 1. The van der Waals surface area contributed by atoms with Crippen LogP contribution < -0.4 is 4.74 Å². The van der Waals surface area contributed by atoms with Gasteiger partial charge in [0.2, 0.25) is 5.91 Å². The Balaban J connectivity index is 2.72. The minimum absolute atomic E-state index is 0.160. The first kappa shape index (κ1) is 16.2. The van der Waals surface area contributed by atoms with Gasteiger partial charge in [0.25, 0.3) is 0 Å². The van der Waals surface area contributed by atoms with Gasteiger partial charge in [0.05, 0.1) is 12.7 Å². The lowest BCUT2D eigenvalue weighted by Gasteiger charge is -2.24. The molecule has 0 bridgehead atoms. The zero-order valence-corrected chi connectivity index (χ0v) is 12.2. The molecule has 1 aromatic carbocycles. The molecule has 0 saturated heterocycles. The number of carbonyl (C=O) groups excluding carboxylic acids is 1. The first-order valence-electron chi connectivity index (χ1n) is 6.22. The Morgan fingerprint density at radius 1 is 1.50 bits per heavy atom. The lowest BCUT2D eigenvalue weighted by Crippen LogP contribution is -2.38. The number of amides is 1. The number of methoxy groups -OCH3 is 1. The number of nitrogens with zero attached hydrogens (tertiary/aromatic N) is 1. The van der Waals surface area contributed by atoms with Crippen molar-refractivity contribution >= 4 is 12.0 Å². The third kappa shape index (κ3) is 5.01. The quantitative estimate of drug-likeness (QED) is 0.841. The molecule has 1 amide bonds. The van der Waals surface area contributed by atoms with Gasteiger partial charge in [-0.15, -0.1) is 0 Å². The molecule has 0 fully saturated rings. The second kappa shape index (κ2) is 6.52. The van der Waals surface area contributed by atoms with Crippen LogP contribution >= 0.6 is 0 Å². The maximum Gasteiger partial charge on any atom is 0.246 e. The molecule has 20 heavy (non-hydrogen) atoms. The maximum atomic E-state index is 13.5. The van der Waals surface area contributed by atoms with E-state index in [1.807, 2.05) is 0 Å². The SMILES string of the molecule is COc1ccc(/C=C/C(=O)N(C)CC(C)(C)O)cc1F. The number of ether oxygens (including phenoxy) is 1. The van der Waals surface area contributed by atoms with E-state index in [2.05, 4.69) is 0 Å². The van der Waals surface area contributed by atoms with Crippen molar-refractivity contribution < 1.29 is 19.0 Å². The van der Waals surface area contributed by atoms with Crippen molar-refractivity contribution in [2.45, 2.75) is 19.4 Å². The zero-order valence-electron chi connectivity index (χ0n) is 12.2. The van der Waals surface area contributed by atoms with Gasteiger partial charge in [0.1, 0.15) is 0 Å². The van der Waals surface area contributed by atoms with Crippen LogP contribution in [0.2, 0.25) is 0 Å². The number of hydrogen-bond acceptors (Lipinski definition) is 3. The maximum absolute atomic E-state index is 13.5. The fraction of sp³-hybridized carbons (Fsp3) is 0.400. The van der Waals surface area contributed by atoms with Gasteiger partial charge in [-0.25, -0.2) is 4.39 Å². The first-order valence-corrected chi connectivity index (χ1v) is 6.22. The van der Waals surface area contributed by atoms with Crippen molar-refractivity contribution in [2.75, 3.05) is 20.7 Å². The minimum atomic E-state index is -0.954. The molecule has 5 heteroatoms. The molecule has 0 radical (unpaired) electrons. The highest BCUT2D eigenvalue weighted by atomic mass is 19.1. The molecule has 1 N–H and O–H groups in total. The molecule has 1 rings (SSSR count). The van der Waals surface area contributed by atoms with Crippen molar-refractivity contribution in [1.29, 1.82) is 0 Å². The normalized spacial score (nSPS) is 11.7. The molecule has 0 aliphatic rings. The molecule has 110 valence electrons. The Kier molecular flexibility index (Phi) is 5.27. The Bertz CT molecular complexity index is 506. The van der Waals surface area contributed by atoms with Crippen LogP contribution in [-0.4, -0.2) is 42.2 Å². The molecular formula is C15H20FNO3. The molecule has 4 nitrogen and oxygen atoms in total. The monoisotopic (exact) mass is 281 g/mol. The lowest BCUT2D eigenvalue weighted by molar-refractivity contribution is -0.127. The Labute approximate surface area is 118 Å². The third-order valence-corrected chi connectivity index (χ3v) is 2.59. The van der Waals surface area contributed by atoms with Crippen molar-refractivity contribution in [3.05, 3.63) is 35.7 Å². The summed E-state index contributed by atoms with van der Waals surface area (Å²) in [5.41, 5.74) is -0.391. The summed E-state index contributed by atoms with van der Waals surface area (Å²) in [4.78, 5) is 13.2.